The van der Waals surface area contributed by atoms with Crippen molar-refractivity contribution in [3.63, 3.8) is 0 Å². The Morgan fingerprint density at radius 1 is 1.29 bits per heavy atom. The van der Waals surface area contributed by atoms with Gasteiger partial charge in [-0.3, -0.25) is 4.72 Å². The van der Waals surface area contributed by atoms with Gasteiger partial charge in [0, 0.05) is 9.13 Å². The Morgan fingerprint density at radius 3 is 2.57 bits per heavy atom. The maximum Gasteiger partial charge on any atom is 0.262 e. The summed E-state index contributed by atoms with van der Waals surface area (Å²) in [6.07, 6.45) is 0. The van der Waals surface area contributed by atoms with E-state index in [2.05, 4.69) is 4.72 Å². The third-order valence-electron chi connectivity index (χ3n) is 2.95. The monoisotopic (exact) mass is 421 g/mol. The fourth-order valence-corrected chi connectivity index (χ4v) is 3.91. The van der Waals surface area contributed by atoms with Gasteiger partial charge in [-0.25, -0.2) is 12.8 Å². The molecule has 4 nitrogen and oxygen atoms in total. The molecule has 0 heterocycles. The first-order chi connectivity index (χ1) is 9.85. The van der Waals surface area contributed by atoms with Gasteiger partial charge in [0.05, 0.1) is 17.2 Å². The number of aliphatic hydroxyl groups excluding tert-OH is 1. The van der Waals surface area contributed by atoms with E-state index in [4.69, 9.17) is 5.11 Å². The summed E-state index contributed by atoms with van der Waals surface area (Å²) in [6, 6.07) is 9.28. The van der Waals surface area contributed by atoms with E-state index in [1.807, 2.05) is 22.6 Å². The van der Waals surface area contributed by atoms with Crippen LogP contribution in [-0.2, 0) is 16.6 Å². The second-order valence-corrected chi connectivity index (χ2v) is 7.26. The zero-order valence-corrected chi connectivity index (χ0v) is 14.1. The largest absolute Gasteiger partial charge is 0.392 e. The highest BCUT2D eigenvalue weighted by Crippen LogP contribution is 2.25. The number of anilines is 1. The molecule has 2 aromatic carbocycles. The van der Waals surface area contributed by atoms with Crippen molar-refractivity contribution in [1.29, 1.82) is 0 Å². The van der Waals surface area contributed by atoms with Gasteiger partial charge in [-0.05, 0) is 59.3 Å². The number of rotatable bonds is 4. The van der Waals surface area contributed by atoms with Gasteiger partial charge in [0.25, 0.3) is 10.0 Å². The summed E-state index contributed by atoms with van der Waals surface area (Å²) >= 11 is 2.01. The predicted molar refractivity (Wildman–Crippen MR) is 87.0 cm³/mol. The molecule has 0 aliphatic heterocycles. The average molecular weight is 421 g/mol. The minimum Gasteiger partial charge on any atom is -0.392 e. The molecule has 0 aromatic heterocycles. The Bertz CT molecular complexity index is 778. The van der Waals surface area contributed by atoms with Gasteiger partial charge in [-0.15, -0.1) is 0 Å². The van der Waals surface area contributed by atoms with Gasteiger partial charge >= 0.3 is 0 Å². The summed E-state index contributed by atoms with van der Waals surface area (Å²) in [4.78, 5) is -0.175. The minimum atomic E-state index is -3.93. The lowest BCUT2D eigenvalue weighted by Gasteiger charge is -2.13. The molecule has 0 atom stereocenters. The van der Waals surface area contributed by atoms with Crippen LogP contribution in [0.15, 0.2) is 41.3 Å². The van der Waals surface area contributed by atoms with Crippen molar-refractivity contribution in [2.75, 3.05) is 4.72 Å². The van der Waals surface area contributed by atoms with Crippen LogP contribution in [0.4, 0.5) is 10.1 Å². The number of hydrogen-bond acceptors (Lipinski definition) is 3. The summed E-state index contributed by atoms with van der Waals surface area (Å²) in [5.74, 6) is -0.662. The lowest BCUT2D eigenvalue weighted by atomic mass is 10.1. The molecule has 2 rings (SSSR count). The van der Waals surface area contributed by atoms with Crippen LogP contribution >= 0.6 is 22.6 Å². The van der Waals surface area contributed by atoms with Crippen LogP contribution in [0.5, 0.6) is 0 Å². The third-order valence-corrected chi connectivity index (χ3v) is 5.38. The average Bonchev–Trinajstić information content (AvgIpc) is 2.43. The van der Waals surface area contributed by atoms with Crippen LogP contribution in [-0.4, -0.2) is 13.5 Å². The van der Waals surface area contributed by atoms with Gasteiger partial charge in [0.15, 0.2) is 0 Å². The molecule has 0 unspecified atom stereocenters. The van der Waals surface area contributed by atoms with Crippen LogP contribution in [0, 0.1) is 16.3 Å². The van der Waals surface area contributed by atoms with E-state index in [0.29, 0.717) is 5.69 Å². The molecule has 0 saturated carbocycles. The number of benzene rings is 2. The van der Waals surface area contributed by atoms with Crippen molar-refractivity contribution in [2.24, 2.45) is 0 Å². The Kier molecular flexibility index (Phi) is 4.84. The molecule has 112 valence electrons. The van der Waals surface area contributed by atoms with E-state index in [1.54, 1.807) is 24.3 Å². The summed E-state index contributed by atoms with van der Waals surface area (Å²) < 4.78 is 41.8. The van der Waals surface area contributed by atoms with Crippen molar-refractivity contribution in [3.05, 3.63) is 56.9 Å². The minimum absolute atomic E-state index is 0.0191. The van der Waals surface area contributed by atoms with Crippen molar-refractivity contribution in [1.82, 2.24) is 0 Å². The number of para-hydroxylation sites is 1. The van der Waals surface area contributed by atoms with E-state index in [9.17, 15) is 12.8 Å². The number of nitrogens with one attached hydrogen (secondary N) is 1. The Morgan fingerprint density at radius 2 is 1.95 bits per heavy atom. The van der Waals surface area contributed by atoms with Crippen molar-refractivity contribution >= 4 is 38.3 Å². The first kappa shape index (κ1) is 16.2. The smallest absolute Gasteiger partial charge is 0.262 e. The molecule has 0 radical (unpaired) electrons. The number of aliphatic hydroxyl groups is 1. The lowest BCUT2D eigenvalue weighted by molar-refractivity contribution is 0.281. The number of sulfonamides is 1. The predicted octanol–water partition coefficient (Wildman–Crippen LogP) is 3.03. The molecule has 0 amide bonds. The molecule has 2 aromatic rings. The SMILES string of the molecule is Cc1c(F)cc(CO)cc1S(=O)(=O)Nc1ccccc1I. The number of hydrogen-bond donors (Lipinski definition) is 2. The summed E-state index contributed by atoms with van der Waals surface area (Å²) in [6.45, 7) is 0.962. The molecule has 7 heteroatoms. The molecular weight excluding hydrogens is 408 g/mol. The molecule has 0 spiro atoms. The first-order valence-corrected chi connectivity index (χ1v) is 8.58. The zero-order valence-electron chi connectivity index (χ0n) is 11.1. The molecule has 0 bridgehead atoms. The van der Waals surface area contributed by atoms with Crippen LogP contribution in [0.1, 0.15) is 11.1 Å². The second-order valence-electron chi connectivity index (χ2n) is 4.44. The van der Waals surface area contributed by atoms with Gasteiger partial charge in [0.2, 0.25) is 0 Å². The van der Waals surface area contributed by atoms with Crippen LogP contribution in [0.25, 0.3) is 0 Å². The normalized spacial score (nSPS) is 11.4. The maximum absolute atomic E-state index is 13.8. The van der Waals surface area contributed by atoms with E-state index in [1.165, 1.54) is 13.0 Å². The Hall–Kier alpha value is -1.19. The maximum atomic E-state index is 13.8. The van der Waals surface area contributed by atoms with Crippen molar-refractivity contribution in [3.8, 4) is 0 Å². The van der Waals surface area contributed by atoms with Crippen LogP contribution < -0.4 is 4.72 Å². The molecule has 0 fully saturated rings. The van der Waals surface area contributed by atoms with Crippen LogP contribution in [0.2, 0.25) is 0 Å². The summed E-state index contributed by atoms with van der Waals surface area (Å²) in [5.41, 5.74) is 0.652. The Labute approximate surface area is 136 Å². The highest BCUT2D eigenvalue weighted by atomic mass is 127. The highest BCUT2D eigenvalue weighted by Gasteiger charge is 2.21. The molecule has 0 saturated heterocycles. The first-order valence-electron chi connectivity index (χ1n) is 6.02. The topological polar surface area (TPSA) is 66.4 Å². The Balaban J connectivity index is 2.50. The fraction of sp³-hybridized carbons (Fsp3) is 0.143. The highest BCUT2D eigenvalue weighted by molar-refractivity contribution is 14.1. The third kappa shape index (κ3) is 3.53. The molecular formula is C14H13FINO3S. The molecule has 2 N–H and O–H groups in total. The van der Waals surface area contributed by atoms with E-state index in [-0.39, 0.29) is 16.0 Å². The van der Waals surface area contributed by atoms with Crippen molar-refractivity contribution < 1.29 is 17.9 Å². The van der Waals surface area contributed by atoms with Gasteiger partial charge in [-0.2, -0.15) is 0 Å². The van der Waals surface area contributed by atoms with E-state index >= 15 is 0 Å². The standard InChI is InChI=1S/C14H13FINO3S/c1-9-11(15)6-10(8-18)7-14(9)21(19,20)17-13-5-3-2-4-12(13)16/h2-7,17-18H,8H2,1H3. The molecule has 0 aliphatic rings. The van der Waals surface area contributed by atoms with E-state index < -0.39 is 22.4 Å². The van der Waals surface area contributed by atoms with Crippen molar-refractivity contribution in [2.45, 2.75) is 18.4 Å². The summed E-state index contributed by atoms with van der Waals surface area (Å²) in [5, 5.41) is 9.09. The molecule has 21 heavy (non-hydrogen) atoms. The lowest BCUT2D eigenvalue weighted by Crippen LogP contribution is -2.16. The summed E-state index contributed by atoms with van der Waals surface area (Å²) in [7, 11) is -3.93. The van der Waals surface area contributed by atoms with Gasteiger partial charge in [-0.1, -0.05) is 12.1 Å². The quantitative estimate of drug-likeness (QED) is 0.747. The zero-order chi connectivity index (χ0) is 15.6. The van der Waals surface area contributed by atoms with Gasteiger partial charge < -0.3 is 5.11 Å². The van der Waals surface area contributed by atoms with E-state index in [0.717, 1.165) is 9.64 Å². The van der Waals surface area contributed by atoms with Gasteiger partial charge in [0.1, 0.15) is 5.82 Å². The number of halogens is 2. The molecule has 0 aliphatic carbocycles. The van der Waals surface area contributed by atoms with Crippen LogP contribution in [0.3, 0.4) is 0 Å². The second kappa shape index (κ2) is 6.29. The fourth-order valence-electron chi connectivity index (χ4n) is 1.82.